The van der Waals surface area contributed by atoms with E-state index in [0.717, 1.165) is 41.5 Å². The summed E-state index contributed by atoms with van der Waals surface area (Å²) in [6.07, 6.45) is 2.87. The van der Waals surface area contributed by atoms with Gasteiger partial charge in [-0.15, -0.1) is 11.3 Å². The highest BCUT2D eigenvalue weighted by Crippen LogP contribution is 2.23. The first kappa shape index (κ1) is 18.3. The number of aromatic nitrogens is 1. The summed E-state index contributed by atoms with van der Waals surface area (Å²) in [7, 11) is 5.56. The van der Waals surface area contributed by atoms with Crippen molar-refractivity contribution in [3.63, 3.8) is 0 Å². The summed E-state index contributed by atoms with van der Waals surface area (Å²) in [4.78, 5) is 12.4. The average molecular weight is 347 g/mol. The summed E-state index contributed by atoms with van der Waals surface area (Å²) in [5, 5.41) is 5.50. The predicted octanol–water partition coefficient (Wildman–Crippen LogP) is 3.02. The van der Waals surface area contributed by atoms with Crippen LogP contribution >= 0.6 is 11.3 Å². The van der Waals surface area contributed by atoms with E-state index in [1.54, 1.807) is 25.5 Å². The van der Waals surface area contributed by atoms with Gasteiger partial charge in [0.05, 0.1) is 19.3 Å². The van der Waals surface area contributed by atoms with Crippen molar-refractivity contribution in [2.45, 2.75) is 26.8 Å². The summed E-state index contributed by atoms with van der Waals surface area (Å²) in [5.74, 6) is 1.77. The standard InChI is InChI=1S/C18H26N4OS/c1-13-11-20-16(14(2)17(13)23-5)12-21-18(19-3)22(4)9-8-15-7-6-10-24-15/h6-7,10-11H,8-9,12H2,1-5H3,(H,19,21). The van der Waals surface area contributed by atoms with Crippen molar-refractivity contribution in [3.05, 3.63) is 45.4 Å². The lowest BCUT2D eigenvalue weighted by Gasteiger charge is -2.22. The van der Waals surface area contributed by atoms with E-state index in [4.69, 9.17) is 4.74 Å². The highest BCUT2D eigenvalue weighted by atomic mass is 32.1. The van der Waals surface area contributed by atoms with Crippen LogP contribution in [0, 0.1) is 13.8 Å². The maximum atomic E-state index is 5.47. The fourth-order valence-electron chi connectivity index (χ4n) is 2.64. The first-order valence-electron chi connectivity index (χ1n) is 8.00. The highest BCUT2D eigenvalue weighted by molar-refractivity contribution is 7.09. The van der Waals surface area contributed by atoms with Gasteiger partial charge in [0.15, 0.2) is 5.96 Å². The second-order valence-electron chi connectivity index (χ2n) is 5.70. The molecule has 0 radical (unpaired) electrons. The molecule has 0 atom stereocenters. The molecule has 0 aromatic carbocycles. The highest BCUT2D eigenvalue weighted by Gasteiger charge is 2.11. The van der Waals surface area contributed by atoms with Gasteiger partial charge >= 0.3 is 0 Å². The zero-order valence-corrected chi connectivity index (χ0v) is 15.9. The van der Waals surface area contributed by atoms with Crippen LogP contribution in [0.1, 0.15) is 21.7 Å². The first-order chi connectivity index (χ1) is 11.6. The molecule has 0 bridgehead atoms. The molecule has 2 aromatic heterocycles. The van der Waals surface area contributed by atoms with Crippen LogP contribution in [0.5, 0.6) is 5.75 Å². The lowest BCUT2D eigenvalue weighted by Crippen LogP contribution is -2.39. The monoisotopic (exact) mass is 346 g/mol. The Morgan fingerprint density at radius 3 is 2.83 bits per heavy atom. The molecule has 24 heavy (non-hydrogen) atoms. The van der Waals surface area contributed by atoms with Crippen LogP contribution < -0.4 is 10.1 Å². The van der Waals surface area contributed by atoms with E-state index < -0.39 is 0 Å². The SMILES string of the molecule is CN=C(NCc1ncc(C)c(OC)c1C)N(C)CCc1cccs1. The Morgan fingerprint density at radius 1 is 1.42 bits per heavy atom. The van der Waals surface area contributed by atoms with Crippen LogP contribution in [0.25, 0.3) is 0 Å². The Morgan fingerprint density at radius 2 is 2.21 bits per heavy atom. The summed E-state index contributed by atoms with van der Waals surface area (Å²) in [6.45, 7) is 5.59. The molecule has 2 rings (SSSR count). The number of ether oxygens (including phenoxy) is 1. The molecule has 130 valence electrons. The minimum Gasteiger partial charge on any atom is -0.496 e. The van der Waals surface area contributed by atoms with Crippen LogP contribution in [0.15, 0.2) is 28.7 Å². The van der Waals surface area contributed by atoms with Gasteiger partial charge in [-0.05, 0) is 31.7 Å². The van der Waals surface area contributed by atoms with Crippen molar-refractivity contribution in [3.8, 4) is 5.75 Å². The number of nitrogens with zero attached hydrogens (tertiary/aromatic N) is 3. The van der Waals surface area contributed by atoms with Gasteiger partial charge in [-0.2, -0.15) is 0 Å². The second kappa shape index (κ2) is 8.68. The zero-order valence-electron chi connectivity index (χ0n) is 15.1. The fraction of sp³-hybridized carbons (Fsp3) is 0.444. The van der Waals surface area contributed by atoms with Gasteiger partial charge in [0.25, 0.3) is 0 Å². The van der Waals surface area contributed by atoms with Gasteiger partial charge < -0.3 is 15.0 Å². The molecule has 2 heterocycles. The number of aryl methyl sites for hydroxylation is 1. The van der Waals surface area contributed by atoms with Crippen LogP contribution in [0.2, 0.25) is 0 Å². The number of hydrogen-bond donors (Lipinski definition) is 1. The van der Waals surface area contributed by atoms with Crippen molar-refractivity contribution in [2.24, 2.45) is 4.99 Å². The number of methoxy groups -OCH3 is 1. The van der Waals surface area contributed by atoms with Crippen molar-refractivity contribution < 1.29 is 4.74 Å². The van der Waals surface area contributed by atoms with E-state index in [9.17, 15) is 0 Å². The van der Waals surface area contributed by atoms with E-state index in [1.807, 2.05) is 20.0 Å². The van der Waals surface area contributed by atoms with E-state index in [-0.39, 0.29) is 0 Å². The number of pyridine rings is 1. The number of nitrogens with one attached hydrogen (secondary N) is 1. The van der Waals surface area contributed by atoms with Gasteiger partial charge in [-0.3, -0.25) is 9.98 Å². The fourth-order valence-corrected chi connectivity index (χ4v) is 3.33. The topological polar surface area (TPSA) is 49.8 Å². The van der Waals surface area contributed by atoms with Crippen molar-refractivity contribution in [2.75, 3.05) is 27.7 Å². The Labute approximate surface area is 148 Å². The van der Waals surface area contributed by atoms with Crippen molar-refractivity contribution in [1.82, 2.24) is 15.2 Å². The van der Waals surface area contributed by atoms with Gasteiger partial charge in [-0.1, -0.05) is 6.07 Å². The first-order valence-corrected chi connectivity index (χ1v) is 8.88. The number of thiophene rings is 1. The maximum absolute atomic E-state index is 5.47. The number of hydrogen-bond acceptors (Lipinski definition) is 4. The lowest BCUT2D eigenvalue weighted by atomic mass is 10.1. The Kier molecular flexibility index (Phi) is 6.61. The van der Waals surface area contributed by atoms with Crippen molar-refractivity contribution >= 4 is 17.3 Å². The Hall–Kier alpha value is -2.08. The zero-order chi connectivity index (χ0) is 17.5. The number of likely N-dealkylation sites (N-methyl/N-ethyl adjacent to an activating group) is 1. The summed E-state index contributed by atoms with van der Waals surface area (Å²) < 4.78 is 5.47. The predicted molar refractivity (Wildman–Crippen MR) is 101 cm³/mol. The van der Waals surface area contributed by atoms with Gasteiger partial charge in [0, 0.05) is 42.8 Å². The molecule has 0 aliphatic heterocycles. The van der Waals surface area contributed by atoms with Gasteiger partial charge in [0.2, 0.25) is 0 Å². The smallest absolute Gasteiger partial charge is 0.193 e. The van der Waals surface area contributed by atoms with E-state index in [0.29, 0.717) is 6.54 Å². The molecular formula is C18H26N4OS. The van der Waals surface area contributed by atoms with Crippen LogP contribution in [-0.2, 0) is 13.0 Å². The molecule has 2 aromatic rings. The second-order valence-corrected chi connectivity index (χ2v) is 6.73. The molecular weight excluding hydrogens is 320 g/mol. The number of guanidine groups is 1. The molecule has 0 saturated heterocycles. The third-order valence-electron chi connectivity index (χ3n) is 4.01. The number of rotatable bonds is 6. The quantitative estimate of drug-likeness (QED) is 0.645. The number of aliphatic imine (C=N–C) groups is 1. The van der Waals surface area contributed by atoms with E-state index >= 15 is 0 Å². The molecule has 6 heteroatoms. The van der Waals surface area contributed by atoms with Crippen molar-refractivity contribution in [1.29, 1.82) is 0 Å². The molecule has 1 N–H and O–H groups in total. The largest absolute Gasteiger partial charge is 0.496 e. The average Bonchev–Trinajstić information content (AvgIpc) is 3.09. The third-order valence-corrected chi connectivity index (χ3v) is 4.95. The molecule has 0 fully saturated rings. The summed E-state index contributed by atoms with van der Waals surface area (Å²) in [5.41, 5.74) is 3.10. The van der Waals surface area contributed by atoms with Gasteiger partial charge in [0.1, 0.15) is 5.75 Å². The Bertz CT molecular complexity index is 683. The molecule has 0 saturated carbocycles. The third kappa shape index (κ3) is 4.47. The Balaban J connectivity index is 1.96. The molecule has 0 aliphatic carbocycles. The molecule has 5 nitrogen and oxygen atoms in total. The maximum Gasteiger partial charge on any atom is 0.193 e. The van der Waals surface area contributed by atoms with Crippen LogP contribution in [0.4, 0.5) is 0 Å². The van der Waals surface area contributed by atoms with Gasteiger partial charge in [-0.25, -0.2) is 0 Å². The lowest BCUT2D eigenvalue weighted by molar-refractivity contribution is 0.406. The summed E-state index contributed by atoms with van der Waals surface area (Å²) in [6, 6.07) is 4.26. The molecule has 0 spiro atoms. The minimum absolute atomic E-state index is 0.624. The summed E-state index contributed by atoms with van der Waals surface area (Å²) >= 11 is 1.79. The molecule has 0 unspecified atom stereocenters. The minimum atomic E-state index is 0.624. The molecule has 0 aliphatic rings. The normalized spacial score (nSPS) is 11.5. The van der Waals surface area contributed by atoms with E-state index in [1.165, 1.54) is 4.88 Å². The van der Waals surface area contributed by atoms with E-state index in [2.05, 4.69) is 44.8 Å². The van der Waals surface area contributed by atoms with Crippen LogP contribution in [-0.4, -0.2) is 43.6 Å². The molecule has 0 amide bonds. The van der Waals surface area contributed by atoms with Crippen LogP contribution in [0.3, 0.4) is 0 Å².